The number of aromatic nitrogens is 4. The Kier molecular flexibility index (Phi) is 5.31. The minimum atomic E-state index is -0.317. The van der Waals surface area contributed by atoms with E-state index in [0.29, 0.717) is 12.2 Å². The van der Waals surface area contributed by atoms with Crippen molar-refractivity contribution in [1.29, 1.82) is 0 Å². The molecule has 0 atom stereocenters. The molecule has 2 aromatic heterocycles. The number of rotatable bonds is 6. The first kappa shape index (κ1) is 19.1. The molecule has 0 unspecified atom stereocenters. The first-order valence-corrected chi connectivity index (χ1v) is 10.3. The molecule has 0 aliphatic carbocycles. The Labute approximate surface area is 173 Å². The molecule has 2 aromatic carbocycles. The van der Waals surface area contributed by atoms with Crippen LogP contribution in [-0.4, -0.2) is 31.4 Å². The number of nitrogens with zero attached hydrogens (tertiary/aromatic N) is 4. The van der Waals surface area contributed by atoms with E-state index in [1.54, 1.807) is 0 Å². The van der Waals surface area contributed by atoms with Crippen molar-refractivity contribution in [3.05, 3.63) is 60.2 Å². The summed E-state index contributed by atoms with van der Waals surface area (Å²) in [5, 5.41) is 10.5. The number of primary amides is 1. The van der Waals surface area contributed by atoms with Gasteiger partial charge in [0.2, 0.25) is 5.91 Å². The van der Waals surface area contributed by atoms with E-state index < -0.39 is 0 Å². The highest BCUT2D eigenvalue weighted by Gasteiger charge is 2.16. The molecule has 0 saturated heterocycles. The summed E-state index contributed by atoms with van der Waals surface area (Å²) < 4.78 is 1.95. The summed E-state index contributed by atoms with van der Waals surface area (Å²) >= 11 is 1.47. The zero-order chi connectivity index (χ0) is 20.4. The molecule has 29 heavy (non-hydrogen) atoms. The van der Waals surface area contributed by atoms with Gasteiger partial charge >= 0.3 is 0 Å². The second kappa shape index (κ2) is 8.05. The first-order valence-electron chi connectivity index (χ1n) is 9.30. The van der Waals surface area contributed by atoms with Crippen molar-refractivity contribution >= 4 is 28.6 Å². The van der Waals surface area contributed by atoms with Gasteiger partial charge in [0.05, 0.1) is 11.2 Å². The third-order valence-corrected chi connectivity index (χ3v) is 5.74. The molecule has 2 heterocycles. The Balaban J connectivity index is 1.80. The van der Waals surface area contributed by atoms with Crippen molar-refractivity contribution < 1.29 is 4.79 Å². The minimum absolute atomic E-state index is 0.308. The molecule has 0 aliphatic rings. The van der Waals surface area contributed by atoms with Crippen molar-refractivity contribution in [2.45, 2.75) is 18.5 Å². The van der Waals surface area contributed by atoms with Crippen molar-refractivity contribution in [2.75, 3.05) is 5.75 Å². The highest BCUT2D eigenvalue weighted by Crippen LogP contribution is 2.32. The number of pyridine rings is 1. The summed E-state index contributed by atoms with van der Waals surface area (Å²) in [6, 6.07) is 18.4. The van der Waals surface area contributed by atoms with Crippen LogP contribution in [0.4, 0.5) is 0 Å². The molecule has 1 amide bonds. The van der Waals surface area contributed by atoms with Gasteiger partial charge in [0.1, 0.15) is 0 Å². The van der Waals surface area contributed by atoms with Crippen LogP contribution in [0.25, 0.3) is 33.5 Å². The maximum Gasteiger partial charge on any atom is 0.218 e. The van der Waals surface area contributed by atoms with Gasteiger partial charge in [0.15, 0.2) is 11.0 Å². The third-order valence-electron chi connectivity index (χ3n) is 4.72. The molecule has 6 nitrogen and oxygen atoms in total. The quantitative estimate of drug-likeness (QED) is 0.492. The first-order chi connectivity index (χ1) is 14.0. The number of nitrogens with two attached hydrogens (primary N) is 1. The largest absolute Gasteiger partial charge is 0.370 e. The smallest absolute Gasteiger partial charge is 0.218 e. The van der Waals surface area contributed by atoms with E-state index in [1.165, 1.54) is 17.3 Å². The number of amides is 1. The Morgan fingerprint density at radius 1 is 1.10 bits per heavy atom. The summed E-state index contributed by atoms with van der Waals surface area (Å²) in [6.45, 7) is 2.07. The fraction of sp³-hybridized carbons (Fsp3) is 0.182. The second-order valence-electron chi connectivity index (χ2n) is 6.87. The van der Waals surface area contributed by atoms with Crippen LogP contribution < -0.4 is 5.73 Å². The molecular weight excluding hydrogens is 382 g/mol. The van der Waals surface area contributed by atoms with Crippen molar-refractivity contribution in [3.8, 4) is 22.6 Å². The molecule has 2 N–H and O–H groups in total. The van der Waals surface area contributed by atoms with Crippen LogP contribution in [0.3, 0.4) is 0 Å². The van der Waals surface area contributed by atoms with E-state index in [4.69, 9.17) is 10.7 Å². The van der Waals surface area contributed by atoms with E-state index in [9.17, 15) is 4.79 Å². The van der Waals surface area contributed by atoms with Gasteiger partial charge in [-0.15, -0.1) is 10.2 Å². The zero-order valence-corrected chi connectivity index (χ0v) is 17.1. The van der Waals surface area contributed by atoms with Gasteiger partial charge in [0.25, 0.3) is 0 Å². The maximum absolute atomic E-state index is 11.0. The number of carbonyl (C=O) groups is 1. The molecule has 0 bridgehead atoms. The van der Waals surface area contributed by atoms with E-state index in [2.05, 4.69) is 47.5 Å². The van der Waals surface area contributed by atoms with Gasteiger partial charge in [-0.1, -0.05) is 59.8 Å². The molecule has 146 valence electrons. The predicted molar refractivity (Wildman–Crippen MR) is 116 cm³/mol. The molecule has 4 aromatic rings. The van der Waals surface area contributed by atoms with Crippen LogP contribution in [0.1, 0.15) is 12.0 Å². The highest BCUT2D eigenvalue weighted by molar-refractivity contribution is 7.99. The standard InChI is InChI=1S/C22H21N5OS/c1-14-7-9-15(10-8-14)19-13-17(16-5-3-4-6-18(16)24-19)21-25-26-22(27(21)2)29-12-11-20(23)28/h3-10,13H,11-12H2,1-2H3,(H2,23,28). The van der Waals surface area contributed by atoms with Crippen LogP contribution >= 0.6 is 11.8 Å². The van der Waals surface area contributed by atoms with Gasteiger partial charge < -0.3 is 10.3 Å². The zero-order valence-electron chi connectivity index (χ0n) is 16.3. The maximum atomic E-state index is 11.0. The SMILES string of the molecule is Cc1ccc(-c2cc(-c3nnc(SCCC(N)=O)n3C)c3ccccc3n2)cc1. The van der Waals surface area contributed by atoms with E-state index in [1.807, 2.05) is 35.9 Å². The van der Waals surface area contributed by atoms with Crippen molar-refractivity contribution in [1.82, 2.24) is 19.7 Å². The topological polar surface area (TPSA) is 86.7 Å². The summed E-state index contributed by atoms with van der Waals surface area (Å²) in [5.41, 5.74) is 10.3. The molecule has 7 heteroatoms. The fourth-order valence-electron chi connectivity index (χ4n) is 3.15. The molecule has 0 aliphatic heterocycles. The van der Waals surface area contributed by atoms with E-state index in [-0.39, 0.29) is 5.91 Å². The van der Waals surface area contributed by atoms with Gasteiger partial charge in [-0.05, 0) is 19.1 Å². The van der Waals surface area contributed by atoms with Gasteiger partial charge in [-0.25, -0.2) is 4.98 Å². The lowest BCUT2D eigenvalue weighted by Gasteiger charge is -2.10. The van der Waals surface area contributed by atoms with Crippen LogP contribution in [-0.2, 0) is 11.8 Å². The predicted octanol–water partition coefficient (Wildman–Crippen LogP) is 3.97. The molecule has 0 radical (unpaired) electrons. The normalized spacial score (nSPS) is 11.1. The van der Waals surface area contributed by atoms with Gasteiger partial charge in [0, 0.05) is 35.7 Å². The average Bonchev–Trinajstić information content (AvgIpc) is 3.08. The Hall–Kier alpha value is -3.19. The minimum Gasteiger partial charge on any atom is -0.370 e. The number of benzene rings is 2. The fourth-order valence-corrected chi connectivity index (χ4v) is 4.02. The van der Waals surface area contributed by atoms with Crippen LogP contribution in [0, 0.1) is 6.92 Å². The average molecular weight is 404 g/mol. The molecular formula is C22H21N5OS. The van der Waals surface area contributed by atoms with Gasteiger partial charge in [-0.3, -0.25) is 4.79 Å². The number of carbonyl (C=O) groups excluding carboxylic acids is 1. The lowest BCUT2D eigenvalue weighted by Crippen LogP contribution is -2.11. The summed E-state index contributed by atoms with van der Waals surface area (Å²) in [4.78, 5) is 15.9. The van der Waals surface area contributed by atoms with Crippen LogP contribution in [0.15, 0.2) is 59.8 Å². The lowest BCUT2D eigenvalue weighted by molar-refractivity contribution is -0.117. The molecule has 0 spiro atoms. The monoisotopic (exact) mass is 403 g/mol. The molecule has 0 saturated carbocycles. The second-order valence-corrected chi connectivity index (χ2v) is 7.93. The number of hydrogen-bond acceptors (Lipinski definition) is 5. The number of hydrogen-bond donors (Lipinski definition) is 1. The Bertz CT molecular complexity index is 1180. The third kappa shape index (κ3) is 4.00. The van der Waals surface area contributed by atoms with Crippen molar-refractivity contribution in [2.24, 2.45) is 12.8 Å². The summed E-state index contributed by atoms with van der Waals surface area (Å²) in [6.07, 6.45) is 0.308. The molecule has 0 fully saturated rings. The highest BCUT2D eigenvalue weighted by atomic mass is 32.2. The number of para-hydroxylation sites is 1. The Morgan fingerprint density at radius 3 is 2.62 bits per heavy atom. The van der Waals surface area contributed by atoms with Crippen LogP contribution in [0.5, 0.6) is 0 Å². The number of thioether (sulfide) groups is 1. The molecule has 4 rings (SSSR count). The van der Waals surface area contributed by atoms with Crippen molar-refractivity contribution in [3.63, 3.8) is 0 Å². The van der Waals surface area contributed by atoms with Gasteiger partial charge in [-0.2, -0.15) is 0 Å². The summed E-state index contributed by atoms with van der Waals surface area (Å²) in [7, 11) is 1.93. The Morgan fingerprint density at radius 2 is 1.86 bits per heavy atom. The van der Waals surface area contributed by atoms with Crippen LogP contribution in [0.2, 0.25) is 0 Å². The lowest BCUT2D eigenvalue weighted by atomic mass is 10.0. The number of aryl methyl sites for hydroxylation is 1. The summed E-state index contributed by atoms with van der Waals surface area (Å²) in [5.74, 6) is 1.02. The number of fused-ring (bicyclic) bond motifs is 1. The van der Waals surface area contributed by atoms with E-state index in [0.717, 1.165) is 38.7 Å². The van der Waals surface area contributed by atoms with E-state index >= 15 is 0 Å².